The van der Waals surface area contributed by atoms with E-state index < -0.39 is 46.9 Å². The lowest BCUT2D eigenvalue weighted by molar-refractivity contribution is -0.163. The number of aromatic hydroxyl groups is 1. The molecule has 0 amide bonds. The Balaban J connectivity index is 3.65. The molecule has 0 spiro atoms. The van der Waals surface area contributed by atoms with Crippen LogP contribution in [0.1, 0.15) is 22.8 Å². The van der Waals surface area contributed by atoms with Gasteiger partial charge in [-0.3, -0.25) is 0 Å². The zero-order chi connectivity index (χ0) is 15.9. The SMILES string of the molecule is O=C(O)C(O)c1ccc(C(F)(F)F)c(C(F)(F)F)c1O. The Morgan fingerprint density at radius 2 is 1.55 bits per heavy atom. The second kappa shape index (κ2) is 4.85. The van der Waals surface area contributed by atoms with Crippen LogP contribution < -0.4 is 0 Å². The number of carboxylic acid groups (broad SMARTS) is 1. The van der Waals surface area contributed by atoms with Gasteiger partial charge in [0, 0.05) is 5.56 Å². The Morgan fingerprint density at radius 1 is 1.05 bits per heavy atom. The van der Waals surface area contributed by atoms with Gasteiger partial charge in [0.2, 0.25) is 0 Å². The van der Waals surface area contributed by atoms with E-state index in [4.69, 9.17) is 10.2 Å². The number of rotatable bonds is 2. The minimum Gasteiger partial charge on any atom is -0.507 e. The van der Waals surface area contributed by atoms with Gasteiger partial charge in [0.25, 0.3) is 0 Å². The summed E-state index contributed by atoms with van der Waals surface area (Å²) in [5.41, 5.74) is -5.80. The topological polar surface area (TPSA) is 77.8 Å². The summed E-state index contributed by atoms with van der Waals surface area (Å²) in [6.45, 7) is 0. The molecule has 0 heterocycles. The Morgan fingerprint density at radius 3 is 1.90 bits per heavy atom. The first-order valence-electron chi connectivity index (χ1n) is 4.78. The molecule has 0 aliphatic carbocycles. The number of benzene rings is 1. The van der Waals surface area contributed by atoms with Crippen molar-refractivity contribution in [3.8, 4) is 5.75 Å². The van der Waals surface area contributed by atoms with Gasteiger partial charge in [0.05, 0.1) is 5.56 Å². The largest absolute Gasteiger partial charge is 0.507 e. The monoisotopic (exact) mass is 304 g/mol. The van der Waals surface area contributed by atoms with E-state index in [1.807, 2.05) is 0 Å². The van der Waals surface area contributed by atoms with Crippen LogP contribution in [-0.4, -0.2) is 21.3 Å². The predicted octanol–water partition coefficient (Wildman–Crippen LogP) is 2.55. The Kier molecular flexibility index (Phi) is 3.90. The fraction of sp³-hybridized carbons (Fsp3) is 0.300. The summed E-state index contributed by atoms with van der Waals surface area (Å²) in [6.07, 6.45) is -13.6. The lowest BCUT2D eigenvalue weighted by atomic mass is 9.98. The zero-order valence-corrected chi connectivity index (χ0v) is 9.25. The molecule has 0 radical (unpaired) electrons. The quantitative estimate of drug-likeness (QED) is 0.734. The maximum Gasteiger partial charge on any atom is 0.420 e. The summed E-state index contributed by atoms with van der Waals surface area (Å²) in [7, 11) is 0. The molecule has 0 aliphatic heterocycles. The molecule has 0 aromatic heterocycles. The number of carbonyl (C=O) groups is 1. The normalized spacial score (nSPS) is 14.2. The molecule has 10 heteroatoms. The van der Waals surface area contributed by atoms with Crippen LogP contribution in [0.25, 0.3) is 0 Å². The van der Waals surface area contributed by atoms with Crippen LogP contribution in [0.15, 0.2) is 12.1 Å². The average Bonchev–Trinajstić information content (AvgIpc) is 2.24. The van der Waals surface area contributed by atoms with E-state index in [2.05, 4.69) is 0 Å². The molecule has 1 aromatic rings. The van der Waals surface area contributed by atoms with Gasteiger partial charge >= 0.3 is 18.3 Å². The third kappa shape index (κ3) is 2.95. The van der Waals surface area contributed by atoms with E-state index >= 15 is 0 Å². The van der Waals surface area contributed by atoms with E-state index in [0.29, 0.717) is 0 Å². The molecule has 0 saturated heterocycles. The van der Waals surface area contributed by atoms with E-state index in [1.165, 1.54) is 0 Å². The highest BCUT2D eigenvalue weighted by molar-refractivity contribution is 5.75. The number of hydrogen-bond acceptors (Lipinski definition) is 3. The molecule has 4 nitrogen and oxygen atoms in total. The predicted molar refractivity (Wildman–Crippen MR) is 50.7 cm³/mol. The second-order valence-corrected chi connectivity index (χ2v) is 3.66. The van der Waals surface area contributed by atoms with Gasteiger partial charge in [-0.25, -0.2) is 4.79 Å². The number of aliphatic hydroxyl groups is 1. The number of carboxylic acids is 1. The summed E-state index contributed by atoms with van der Waals surface area (Å²) in [4.78, 5) is 10.4. The number of phenols is 1. The first kappa shape index (κ1) is 16.1. The van der Waals surface area contributed by atoms with Crippen molar-refractivity contribution in [3.05, 3.63) is 28.8 Å². The van der Waals surface area contributed by atoms with Crippen LogP contribution in [0.4, 0.5) is 26.3 Å². The molecule has 0 aliphatic rings. The number of aliphatic carboxylic acids is 1. The van der Waals surface area contributed by atoms with Crippen molar-refractivity contribution in [2.75, 3.05) is 0 Å². The van der Waals surface area contributed by atoms with Gasteiger partial charge in [-0.15, -0.1) is 0 Å². The maximum absolute atomic E-state index is 12.6. The second-order valence-electron chi connectivity index (χ2n) is 3.66. The third-order valence-corrected chi connectivity index (χ3v) is 2.33. The number of hydrogen-bond donors (Lipinski definition) is 3. The molecular formula is C10H6F6O4. The molecule has 1 rings (SSSR count). The molecular weight excluding hydrogens is 298 g/mol. The maximum atomic E-state index is 12.6. The number of alkyl halides is 6. The average molecular weight is 304 g/mol. The third-order valence-electron chi connectivity index (χ3n) is 2.33. The van der Waals surface area contributed by atoms with Gasteiger partial charge in [-0.05, 0) is 6.07 Å². The summed E-state index contributed by atoms with van der Waals surface area (Å²) in [5, 5.41) is 26.7. The van der Waals surface area contributed by atoms with Gasteiger partial charge in [-0.1, -0.05) is 6.07 Å². The van der Waals surface area contributed by atoms with Crippen molar-refractivity contribution in [3.63, 3.8) is 0 Å². The number of aliphatic hydroxyl groups excluding tert-OH is 1. The highest BCUT2D eigenvalue weighted by Gasteiger charge is 2.46. The van der Waals surface area contributed by atoms with Crippen molar-refractivity contribution in [2.45, 2.75) is 18.5 Å². The zero-order valence-electron chi connectivity index (χ0n) is 9.25. The summed E-state index contributed by atoms with van der Waals surface area (Å²) in [6, 6.07) is 0.218. The first-order valence-corrected chi connectivity index (χ1v) is 4.78. The summed E-state index contributed by atoms with van der Waals surface area (Å²) in [5.74, 6) is -3.99. The number of phenolic OH excluding ortho intramolecular Hbond substituents is 1. The minimum absolute atomic E-state index is 0.0516. The van der Waals surface area contributed by atoms with E-state index in [0.717, 1.165) is 0 Å². The molecule has 0 fully saturated rings. The fourth-order valence-corrected chi connectivity index (χ4v) is 1.48. The smallest absolute Gasteiger partial charge is 0.420 e. The molecule has 1 unspecified atom stereocenters. The highest BCUT2D eigenvalue weighted by atomic mass is 19.4. The van der Waals surface area contributed by atoms with Crippen LogP contribution in [0.3, 0.4) is 0 Å². The van der Waals surface area contributed by atoms with Crippen molar-refractivity contribution < 1.29 is 46.5 Å². The Bertz CT molecular complexity index is 534. The van der Waals surface area contributed by atoms with E-state index in [1.54, 1.807) is 0 Å². The van der Waals surface area contributed by atoms with E-state index in [9.17, 15) is 36.2 Å². The van der Waals surface area contributed by atoms with Gasteiger partial charge in [0.15, 0.2) is 6.10 Å². The number of halogens is 6. The van der Waals surface area contributed by atoms with Gasteiger partial charge in [-0.2, -0.15) is 26.3 Å². The Hall–Kier alpha value is -1.97. The Labute approximate surface area is 106 Å². The van der Waals surface area contributed by atoms with Gasteiger partial charge < -0.3 is 15.3 Å². The van der Waals surface area contributed by atoms with Crippen LogP contribution >= 0.6 is 0 Å². The van der Waals surface area contributed by atoms with Crippen LogP contribution in [0.5, 0.6) is 5.75 Å². The minimum atomic E-state index is -5.58. The highest BCUT2D eigenvalue weighted by Crippen LogP contribution is 2.46. The molecule has 0 saturated carbocycles. The molecule has 1 atom stereocenters. The van der Waals surface area contributed by atoms with Crippen LogP contribution in [0.2, 0.25) is 0 Å². The molecule has 0 bridgehead atoms. The van der Waals surface area contributed by atoms with E-state index in [-0.39, 0.29) is 12.1 Å². The standard InChI is InChI=1S/C10H6F6O4/c11-9(12,13)4-2-1-3(7(18)8(19)20)6(17)5(4)10(14,15)16/h1-2,7,17-18H,(H,19,20). The summed E-state index contributed by atoms with van der Waals surface area (Å²) >= 11 is 0. The van der Waals surface area contributed by atoms with Crippen molar-refractivity contribution in [2.24, 2.45) is 0 Å². The lowest BCUT2D eigenvalue weighted by Crippen LogP contribution is -2.19. The summed E-state index contributed by atoms with van der Waals surface area (Å²) < 4.78 is 75.2. The van der Waals surface area contributed by atoms with Crippen LogP contribution in [-0.2, 0) is 17.1 Å². The van der Waals surface area contributed by atoms with Crippen LogP contribution in [0, 0.1) is 0 Å². The van der Waals surface area contributed by atoms with Gasteiger partial charge in [0.1, 0.15) is 11.3 Å². The first-order chi connectivity index (χ1) is 8.87. The fourth-order valence-electron chi connectivity index (χ4n) is 1.48. The van der Waals surface area contributed by atoms with Crippen molar-refractivity contribution in [1.82, 2.24) is 0 Å². The molecule has 112 valence electrons. The lowest BCUT2D eigenvalue weighted by Gasteiger charge is -2.19. The molecule has 1 aromatic carbocycles. The molecule has 3 N–H and O–H groups in total. The molecule has 20 heavy (non-hydrogen) atoms. The van der Waals surface area contributed by atoms with Crippen molar-refractivity contribution >= 4 is 5.97 Å². The van der Waals surface area contributed by atoms with Crippen molar-refractivity contribution in [1.29, 1.82) is 0 Å².